The molecular formula is C21H28N6O7. The first-order valence-electron chi connectivity index (χ1n) is 10.4. The minimum Gasteiger partial charge on any atom is -0.480 e. The Morgan fingerprint density at radius 3 is 2.38 bits per heavy atom. The van der Waals surface area contributed by atoms with Crippen LogP contribution in [0.1, 0.15) is 18.4 Å². The van der Waals surface area contributed by atoms with Crippen molar-refractivity contribution in [1.29, 1.82) is 0 Å². The molecule has 1 aromatic heterocycles. The van der Waals surface area contributed by atoms with Gasteiger partial charge in [-0.25, -0.2) is 4.79 Å². The number of nitrogens with one attached hydrogen (secondary N) is 4. The second kappa shape index (κ2) is 12.3. The number of benzene rings is 1. The van der Waals surface area contributed by atoms with Crippen LogP contribution in [-0.4, -0.2) is 76.1 Å². The van der Waals surface area contributed by atoms with Gasteiger partial charge < -0.3 is 42.6 Å². The van der Waals surface area contributed by atoms with E-state index in [4.69, 9.17) is 16.6 Å². The highest BCUT2D eigenvalue weighted by atomic mass is 16.4. The number of H-pyrrole nitrogens is 1. The second-order valence-corrected chi connectivity index (χ2v) is 7.59. The van der Waals surface area contributed by atoms with E-state index in [2.05, 4.69) is 20.9 Å². The molecule has 184 valence electrons. The number of para-hydroxylation sites is 1. The molecule has 3 unspecified atom stereocenters. The summed E-state index contributed by atoms with van der Waals surface area (Å²) in [7, 11) is 0. The molecule has 13 heteroatoms. The quantitative estimate of drug-likeness (QED) is 0.153. The number of hydrogen-bond donors (Lipinski definition) is 8. The van der Waals surface area contributed by atoms with Crippen molar-refractivity contribution in [3.63, 3.8) is 0 Å². The molecule has 10 N–H and O–H groups in total. The van der Waals surface area contributed by atoms with Gasteiger partial charge in [0.05, 0.1) is 19.2 Å². The zero-order valence-corrected chi connectivity index (χ0v) is 18.2. The first kappa shape index (κ1) is 26.3. The number of rotatable bonds is 13. The third-order valence-corrected chi connectivity index (χ3v) is 5.00. The lowest BCUT2D eigenvalue weighted by atomic mass is 10.1. The van der Waals surface area contributed by atoms with Gasteiger partial charge in [0.2, 0.25) is 23.6 Å². The zero-order chi connectivity index (χ0) is 25.3. The van der Waals surface area contributed by atoms with Gasteiger partial charge >= 0.3 is 5.97 Å². The largest absolute Gasteiger partial charge is 0.480 e. The van der Waals surface area contributed by atoms with Crippen molar-refractivity contribution in [2.24, 2.45) is 11.5 Å². The lowest BCUT2D eigenvalue weighted by Crippen LogP contribution is -2.55. The maximum absolute atomic E-state index is 12.3. The van der Waals surface area contributed by atoms with Crippen LogP contribution in [0.5, 0.6) is 0 Å². The van der Waals surface area contributed by atoms with Gasteiger partial charge in [-0.15, -0.1) is 0 Å². The van der Waals surface area contributed by atoms with E-state index in [0.29, 0.717) is 0 Å². The molecule has 0 saturated heterocycles. The van der Waals surface area contributed by atoms with Crippen LogP contribution >= 0.6 is 0 Å². The summed E-state index contributed by atoms with van der Waals surface area (Å²) >= 11 is 0. The summed E-state index contributed by atoms with van der Waals surface area (Å²) in [5.41, 5.74) is 12.7. The normalized spacial score (nSPS) is 13.5. The van der Waals surface area contributed by atoms with Crippen molar-refractivity contribution in [3.8, 4) is 0 Å². The molecule has 13 nitrogen and oxygen atoms in total. The monoisotopic (exact) mass is 476 g/mol. The highest BCUT2D eigenvalue weighted by Gasteiger charge is 2.26. The number of aliphatic hydroxyl groups excluding tert-OH is 1. The van der Waals surface area contributed by atoms with Gasteiger partial charge in [0.1, 0.15) is 12.1 Å². The predicted molar refractivity (Wildman–Crippen MR) is 120 cm³/mol. The Balaban J connectivity index is 1.84. The molecule has 4 amide bonds. The van der Waals surface area contributed by atoms with E-state index in [9.17, 15) is 29.1 Å². The van der Waals surface area contributed by atoms with Gasteiger partial charge in [0.15, 0.2) is 0 Å². The van der Waals surface area contributed by atoms with Crippen molar-refractivity contribution in [2.75, 3.05) is 13.2 Å². The Bertz CT molecular complexity index is 1050. The van der Waals surface area contributed by atoms with E-state index < -0.39 is 60.9 Å². The molecule has 1 aromatic carbocycles. The second-order valence-electron chi connectivity index (χ2n) is 7.59. The van der Waals surface area contributed by atoms with Gasteiger partial charge in [-0.2, -0.15) is 0 Å². The fourth-order valence-corrected chi connectivity index (χ4v) is 3.18. The molecule has 0 radical (unpaired) electrons. The minimum absolute atomic E-state index is 0.223. The van der Waals surface area contributed by atoms with Crippen LogP contribution in [0.3, 0.4) is 0 Å². The van der Waals surface area contributed by atoms with Crippen molar-refractivity contribution in [1.82, 2.24) is 20.9 Å². The minimum atomic E-state index is -1.47. The molecule has 0 bridgehead atoms. The Hall–Kier alpha value is -3.97. The summed E-state index contributed by atoms with van der Waals surface area (Å²) in [6, 6.07) is 3.66. The molecule has 2 aromatic rings. The smallest absolute Gasteiger partial charge is 0.326 e. The Kier molecular flexibility index (Phi) is 9.52. The van der Waals surface area contributed by atoms with Crippen LogP contribution in [0.15, 0.2) is 30.5 Å². The van der Waals surface area contributed by atoms with E-state index in [1.54, 1.807) is 6.20 Å². The van der Waals surface area contributed by atoms with Crippen LogP contribution in [0.2, 0.25) is 0 Å². The van der Waals surface area contributed by atoms with Crippen LogP contribution in [-0.2, 0) is 30.4 Å². The number of amides is 4. The topological polar surface area (TPSA) is 230 Å². The summed E-state index contributed by atoms with van der Waals surface area (Å²) in [5.74, 6) is -4.52. The molecule has 0 saturated carbocycles. The number of hydrogen-bond acceptors (Lipinski definition) is 7. The van der Waals surface area contributed by atoms with Gasteiger partial charge in [-0.05, 0) is 24.5 Å². The first-order chi connectivity index (χ1) is 16.1. The molecule has 0 spiro atoms. The fraction of sp³-hybridized carbons (Fsp3) is 0.381. The molecule has 0 fully saturated rings. The van der Waals surface area contributed by atoms with Gasteiger partial charge in [-0.1, -0.05) is 18.2 Å². The SMILES string of the molecule is NC(=O)CCC(NC(=O)C(CO)NC(=O)CNC(=O)C(N)Cc1c[nH]c2ccccc12)C(=O)O. The molecule has 2 rings (SSSR count). The number of aliphatic carboxylic acids is 1. The van der Waals surface area contributed by atoms with Crippen molar-refractivity contribution < 1.29 is 34.2 Å². The molecule has 3 atom stereocenters. The number of carbonyl (C=O) groups is 5. The molecule has 34 heavy (non-hydrogen) atoms. The third-order valence-electron chi connectivity index (χ3n) is 5.00. The molecule has 0 aliphatic carbocycles. The van der Waals surface area contributed by atoms with Crippen LogP contribution in [0, 0.1) is 0 Å². The first-order valence-corrected chi connectivity index (χ1v) is 10.4. The lowest BCUT2D eigenvalue weighted by molar-refractivity contribution is -0.142. The number of aromatic nitrogens is 1. The number of fused-ring (bicyclic) bond motifs is 1. The van der Waals surface area contributed by atoms with E-state index in [1.165, 1.54) is 0 Å². The van der Waals surface area contributed by atoms with E-state index in [-0.39, 0.29) is 19.3 Å². The average molecular weight is 476 g/mol. The van der Waals surface area contributed by atoms with Crippen LogP contribution in [0.25, 0.3) is 10.9 Å². The number of carbonyl (C=O) groups excluding carboxylic acids is 4. The highest BCUT2D eigenvalue weighted by Crippen LogP contribution is 2.18. The van der Waals surface area contributed by atoms with Crippen molar-refractivity contribution in [3.05, 3.63) is 36.0 Å². The molecule has 0 aliphatic heterocycles. The summed E-state index contributed by atoms with van der Waals surface area (Å²) in [4.78, 5) is 61.8. The van der Waals surface area contributed by atoms with E-state index in [1.807, 2.05) is 24.3 Å². The fourth-order valence-electron chi connectivity index (χ4n) is 3.18. The Morgan fingerprint density at radius 2 is 1.74 bits per heavy atom. The average Bonchev–Trinajstić information content (AvgIpc) is 3.20. The number of carboxylic acids is 1. The predicted octanol–water partition coefficient (Wildman–Crippen LogP) is -2.53. The van der Waals surface area contributed by atoms with Crippen molar-refractivity contribution >= 4 is 40.5 Å². The Morgan fingerprint density at radius 1 is 1.03 bits per heavy atom. The number of nitrogens with two attached hydrogens (primary N) is 2. The number of carboxylic acid groups (broad SMARTS) is 1. The van der Waals surface area contributed by atoms with Gasteiger partial charge in [0, 0.05) is 23.5 Å². The Labute approximate surface area is 194 Å². The highest BCUT2D eigenvalue weighted by molar-refractivity contribution is 5.93. The summed E-state index contributed by atoms with van der Waals surface area (Å²) in [6.45, 7) is -1.35. The number of aromatic amines is 1. The number of primary amides is 1. The van der Waals surface area contributed by atoms with Crippen LogP contribution in [0.4, 0.5) is 0 Å². The maximum Gasteiger partial charge on any atom is 0.326 e. The molecule has 0 aliphatic rings. The van der Waals surface area contributed by atoms with Gasteiger partial charge in [-0.3, -0.25) is 19.2 Å². The standard InChI is InChI=1S/C21H28N6O7/c22-13(7-11-8-24-14-4-2-1-3-12(11)14)19(31)25-9-18(30)26-16(10-28)20(32)27-15(21(33)34)5-6-17(23)29/h1-4,8,13,15-16,24,28H,5-7,9-10,22H2,(H2,23,29)(H,25,31)(H,26,30)(H,27,32)(H,33,34). The summed E-state index contributed by atoms with van der Waals surface area (Å²) in [5, 5.41) is 26.1. The van der Waals surface area contributed by atoms with E-state index >= 15 is 0 Å². The maximum atomic E-state index is 12.3. The molecular weight excluding hydrogens is 448 g/mol. The van der Waals surface area contributed by atoms with Crippen LogP contribution < -0.4 is 27.4 Å². The summed E-state index contributed by atoms with van der Waals surface area (Å²) in [6.07, 6.45) is 1.44. The zero-order valence-electron chi connectivity index (χ0n) is 18.2. The lowest BCUT2D eigenvalue weighted by Gasteiger charge is -2.20. The van der Waals surface area contributed by atoms with Crippen molar-refractivity contribution in [2.45, 2.75) is 37.4 Å². The van der Waals surface area contributed by atoms with Gasteiger partial charge in [0.25, 0.3) is 0 Å². The number of aliphatic hydroxyl groups is 1. The third kappa shape index (κ3) is 7.56. The molecule has 1 heterocycles. The summed E-state index contributed by atoms with van der Waals surface area (Å²) < 4.78 is 0. The van der Waals surface area contributed by atoms with E-state index in [0.717, 1.165) is 16.5 Å².